The smallest absolute Gasteiger partial charge is 0.302 e. The number of nitrogens with zero attached hydrogens (tertiary/aromatic N) is 3. The van der Waals surface area contributed by atoms with Gasteiger partial charge in [0.1, 0.15) is 5.75 Å². The van der Waals surface area contributed by atoms with Gasteiger partial charge in [-0.3, -0.25) is 9.36 Å². The maximum absolute atomic E-state index is 12.1. The van der Waals surface area contributed by atoms with Crippen molar-refractivity contribution in [3.8, 4) is 11.6 Å². The lowest BCUT2D eigenvalue weighted by atomic mass is 10.1. The number of aromatic hydroxyl groups is 1. The second-order valence-electron chi connectivity index (χ2n) is 7.42. The second kappa shape index (κ2) is 9.28. The number of hydrogen-bond donors (Lipinski definition) is 2. The number of nitrogens with one attached hydrogen (secondary N) is 1. The van der Waals surface area contributed by atoms with Crippen molar-refractivity contribution in [2.24, 2.45) is 10.2 Å². The van der Waals surface area contributed by atoms with Crippen molar-refractivity contribution in [1.29, 1.82) is 0 Å². The quantitative estimate of drug-likeness (QED) is 0.588. The Morgan fingerprint density at radius 3 is 2.60 bits per heavy atom. The molecule has 0 radical (unpaired) electrons. The van der Waals surface area contributed by atoms with E-state index >= 15 is 0 Å². The molecule has 30 heavy (non-hydrogen) atoms. The number of likely N-dealkylation sites (tertiary alicyclic amines) is 1. The van der Waals surface area contributed by atoms with Crippen molar-refractivity contribution in [1.82, 2.24) is 4.57 Å². The molecule has 1 amide bonds. The van der Waals surface area contributed by atoms with E-state index in [1.54, 1.807) is 24.3 Å². The van der Waals surface area contributed by atoms with Crippen LogP contribution in [-0.4, -0.2) is 35.3 Å². The first-order chi connectivity index (χ1) is 14.6. The number of aromatic nitrogens is 1. The highest BCUT2D eigenvalue weighted by molar-refractivity contribution is 6.30. The topological polar surface area (TPSA) is 80.6 Å². The average molecular weight is 428 g/mol. The van der Waals surface area contributed by atoms with Gasteiger partial charge in [0, 0.05) is 10.4 Å². The van der Waals surface area contributed by atoms with E-state index < -0.39 is 5.91 Å². The summed E-state index contributed by atoms with van der Waals surface area (Å²) >= 11 is 5.83. The minimum absolute atomic E-state index is 0.0319. The van der Waals surface area contributed by atoms with Gasteiger partial charge in [-0.1, -0.05) is 29.8 Å². The number of para-hydroxylation sites is 1. The van der Waals surface area contributed by atoms with Crippen LogP contribution in [0.2, 0.25) is 5.02 Å². The molecule has 4 rings (SSSR count). The first kappa shape index (κ1) is 20.4. The Kier molecular flexibility index (Phi) is 6.30. The fourth-order valence-electron chi connectivity index (χ4n) is 3.77. The van der Waals surface area contributed by atoms with Gasteiger partial charge in [-0.25, -0.2) is 0 Å². The van der Waals surface area contributed by atoms with Crippen LogP contribution in [0.25, 0.3) is 10.9 Å². The molecule has 0 bridgehead atoms. The third kappa shape index (κ3) is 4.63. The summed E-state index contributed by atoms with van der Waals surface area (Å²) in [6, 6.07) is 14.3. The van der Waals surface area contributed by atoms with E-state index in [1.807, 2.05) is 28.8 Å². The number of carbonyl (C=O) groups is 1. The Bertz CT molecular complexity index is 1060. The maximum atomic E-state index is 12.1. The van der Waals surface area contributed by atoms with Crippen LogP contribution in [0.4, 0.5) is 5.69 Å². The molecule has 8 heteroatoms. The molecule has 156 valence electrons. The number of quaternary nitrogens is 1. The molecule has 0 spiro atoms. The van der Waals surface area contributed by atoms with Crippen molar-refractivity contribution < 1.29 is 19.5 Å². The third-order valence-corrected chi connectivity index (χ3v) is 5.55. The number of carbonyl (C=O) groups excluding carboxylic acids is 1. The van der Waals surface area contributed by atoms with Gasteiger partial charge in [0.05, 0.1) is 18.6 Å². The van der Waals surface area contributed by atoms with Crippen molar-refractivity contribution in [3.63, 3.8) is 0 Å². The summed E-state index contributed by atoms with van der Waals surface area (Å²) in [5.41, 5.74) is 1.19. The van der Waals surface area contributed by atoms with Crippen LogP contribution in [0, 0.1) is 0 Å². The van der Waals surface area contributed by atoms with Crippen LogP contribution in [0.3, 0.4) is 0 Å². The molecular weight excluding hydrogens is 404 g/mol. The standard InChI is InChI=1S/C22H23ClN4O3/c23-16-8-10-17(11-9-16)30-14-20(28)24-25-21-18-6-2-3-7-19(18)27(22(21)29)15-26-12-4-1-5-13-26/h2-3,6-11,29H,1,4-5,12-15H2/p+1. The number of piperidine rings is 1. The molecule has 3 aromatic rings. The highest BCUT2D eigenvalue weighted by Crippen LogP contribution is 2.38. The lowest BCUT2D eigenvalue weighted by molar-refractivity contribution is -0.927. The second-order valence-corrected chi connectivity index (χ2v) is 7.86. The molecule has 0 aliphatic carbocycles. The van der Waals surface area contributed by atoms with Gasteiger partial charge in [0.2, 0.25) is 5.88 Å². The maximum Gasteiger partial charge on any atom is 0.302 e. The predicted molar refractivity (Wildman–Crippen MR) is 115 cm³/mol. The predicted octanol–water partition coefficient (Wildman–Crippen LogP) is 3.72. The zero-order valence-corrected chi connectivity index (χ0v) is 17.3. The average Bonchev–Trinajstić information content (AvgIpc) is 3.03. The van der Waals surface area contributed by atoms with Crippen molar-refractivity contribution in [2.75, 3.05) is 19.7 Å². The molecule has 1 aliphatic rings. The van der Waals surface area contributed by atoms with Gasteiger partial charge in [-0.05, 0) is 49.6 Å². The third-order valence-electron chi connectivity index (χ3n) is 5.30. The highest BCUT2D eigenvalue weighted by Gasteiger charge is 2.21. The summed E-state index contributed by atoms with van der Waals surface area (Å²) in [6.07, 6.45) is 3.66. The Hall–Kier alpha value is -2.90. The van der Waals surface area contributed by atoms with Gasteiger partial charge in [-0.2, -0.15) is 0 Å². The van der Waals surface area contributed by atoms with E-state index in [4.69, 9.17) is 16.3 Å². The van der Waals surface area contributed by atoms with Gasteiger partial charge in [-0.15, -0.1) is 10.2 Å². The van der Waals surface area contributed by atoms with Crippen LogP contribution in [0.5, 0.6) is 11.6 Å². The summed E-state index contributed by atoms with van der Waals surface area (Å²) < 4.78 is 7.26. The SMILES string of the molecule is O=C(COc1ccc(Cl)cc1)N=Nc1c(O)n(C[NH+]2CCCCC2)c2ccccc12. The van der Waals surface area contributed by atoms with Crippen molar-refractivity contribution in [2.45, 2.75) is 25.9 Å². The summed E-state index contributed by atoms with van der Waals surface area (Å²) in [5.74, 6) is 0.0131. The normalized spacial score (nSPS) is 15.1. The van der Waals surface area contributed by atoms with E-state index in [2.05, 4.69) is 10.2 Å². The van der Waals surface area contributed by atoms with E-state index in [0.29, 0.717) is 23.1 Å². The summed E-state index contributed by atoms with van der Waals surface area (Å²) in [6.45, 7) is 2.59. The molecule has 1 fully saturated rings. The Morgan fingerprint density at radius 2 is 1.83 bits per heavy atom. The fourth-order valence-corrected chi connectivity index (χ4v) is 3.90. The number of benzene rings is 2. The molecule has 1 saturated heterocycles. The number of ether oxygens (including phenoxy) is 1. The van der Waals surface area contributed by atoms with E-state index in [9.17, 15) is 9.90 Å². The Morgan fingerprint density at radius 1 is 1.10 bits per heavy atom. The molecule has 1 aliphatic heterocycles. The first-order valence-corrected chi connectivity index (χ1v) is 10.5. The van der Waals surface area contributed by atoms with Gasteiger partial charge in [0.25, 0.3) is 0 Å². The molecule has 0 atom stereocenters. The molecule has 2 heterocycles. The molecule has 0 unspecified atom stereocenters. The monoisotopic (exact) mass is 427 g/mol. The number of fused-ring (bicyclic) bond motifs is 1. The Labute approximate surface area is 179 Å². The van der Waals surface area contributed by atoms with Gasteiger partial charge >= 0.3 is 5.91 Å². The van der Waals surface area contributed by atoms with Crippen LogP contribution in [0.1, 0.15) is 19.3 Å². The number of rotatable bonds is 6. The molecular formula is C22H24ClN4O3+. The lowest BCUT2D eigenvalue weighted by Crippen LogP contribution is -3.12. The van der Waals surface area contributed by atoms with E-state index in [1.165, 1.54) is 24.2 Å². The van der Waals surface area contributed by atoms with Gasteiger partial charge < -0.3 is 14.7 Å². The van der Waals surface area contributed by atoms with Crippen LogP contribution in [0.15, 0.2) is 58.8 Å². The number of hydrogen-bond acceptors (Lipinski definition) is 4. The van der Waals surface area contributed by atoms with Crippen molar-refractivity contribution >= 4 is 34.1 Å². The van der Waals surface area contributed by atoms with E-state index in [-0.39, 0.29) is 12.5 Å². The summed E-state index contributed by atoms with van der Waals surface area (Å²) in [4.78, 5) is 13.5. The fraction of sp³-hybridized carbons (Fsp3) is 0.318. The minimum atomic E-state index is -0.539. The highest BCUT2D eigenvalue weighted by atomic mass is 35.5. The zero-order chi connectivity index (χ0) is 20.9. The number of azo groups is 1. The summed E-state index contributed by atoms with van der Waals surface area (Å²) in [5, 5.41) is 20.0. The molecule has 2 N–H and O–H groups in total. The number of halogens is 1. The molecule has 2 aromatic carbocycles. The number of amides is 1. The first-order valence-electron chi connectivity index (χ1n) is 10.1. The summed E-state index contributed by atoms with van der Waals surface area (Å²) in [7, 11) is 0. The molecule has 0 saturated carbocycles. The van der Waals surface area contributed by atoms with Crippen LogP contribution < -0.4 is 9.64 Å². The van der Waals surface area contributed by atoms with Gasteiger partial charge in [0.15, 0.2) is 19.0 Å². The zero-order valence-electron chi connectivity index (χ0n) is 16.6. The molecule has 1 aromatic heterocycles. The van der Waals surface area contributed by atoms with Crippen molar-refractivity contribution in [3.05, 3.63) is 53.6 Å². The largest absolute Gasteiger partial charge is 0.493 e. The molecule has 7 nitrogen and oxygen atoms in total. The lowest BCUT2D eigenvalue weighted by Gasteiger charge is -2.24. The van der Waals surface area contributed by atoms with Crippen LogP contribution >= 0.6 is 11.6 Å². The minimum Gasteiger partial charge on any atom is -0.493 e. The Balaban J connectivity index is 1.50. The van der Waals surface area contributed by atoms with E-state index in [0.717, 1.165) is 24.0 Å². The van der Waals surface area contributed by atoms with Crippen LogP contribution in [-0.2, 0) is 11.5 Å².